The lowest BCUT2D eigenvalue weighted by atomic mass is 9.52. The Morgan fingerprint density at radius 2 is 1.65 bits per heavy atom. The van der Waals surface area contributed by atoms with Crippen molar-refractivity contribution < 1.29 is 38.6 Å². The highest BCUT2D eigenvalue weighted by atomic mass is 16.5. The molecule has 2 aromatic rings. The van der Waals surface area contributed by atoms with E-state index in [1.807, 2.05) is 12.2 Å². The van der Waals surface area contributed by atoms with Crippen LogP contribution in [0.4, 0.5) is 10.5 Å². The molecule has 6 atom stereocenters. The number of carbonyl (C=O) groups excluding carboxylic acids is 5. The first kappa shape index (κ1) is 28.2. The lowest BCUT2D eigenvalue weighted by Crippen LogP contribution is -2.49. The maximum Gasteiger partial charge on any atom is 0.328 e. The van der Waals surface area contributed by atoms with Crippen LogP contribution in [0.3, 0.4) is 0 Å². The molecule has 0 spiro atoms. The number of benzene rings is 2. The van der Waals surface area contributed by atoms with Gasteiger partial charge >= 0.3 is 6.03 Å². The lowest BCUT2D eigenvalue weighted by Gasteiger charge is -2.47. The monoisotopic (exact) mass is 585 g/mol. The molecule has 2 aliphatic heterocycles. The number of nitrogens with two attached hydrogens (primary N) is 1. The predicted molar refractivity (Wildman–Crippen MR) is 153 cm³/mol. The average molecular weight is 586 g/mol. The molecular formula is C32H31N3O8. The molecule has 0 bridgehead atoms. The second-order valence-corrected chi connectivity index (χ2v) is 11.5. The number of ether oxygens (including phenoxy) is 2. The molecule has 3 N–H and O–H groups in total. The van der Waals surface area contributed by atoms with Gasteiger partial charge in [-0.1, -0.05) is 42.0 Å². The molecule has 1 saturated carbocycles. The highest BCUT2D eigenvalue weighted by Crippen LogP contribution is 2.61. The number of urea groups is 1. The van der Waals surface area contributed by atoms with Crippen LogP contribution in [0.25, 0.3) is 6.08 Å². The van der Waals surface area contributed by atoms with Crippen LogP contribution < -0.4 is 20.1 Å². The number of fused-ring (bicyclic) bond motifs is 4. The van der Waals surface area contributed by atoms with E-state index in [-0.39, 0.29) is 41.9 Å². The molecule has 11 heteroatoms. The number of para-hydroxylation sites is 1. The fourth-order valence-corrected chi connectivity index (χ4v) is 7.48. The zero-order valence-electron chi connectivity index (χ0n) is 23.9. The highest BCUT2D eigenvalue weighted by Gasteiger charge is 2.67. The van der Waals surface area contributed by atoms with Gasteiger partial charge in [-0.05, 0) is 55.5 Å². The van der Waals surface area contributed by atoms with Crippen molar-refractivity contribution in [3.63, 3.8) is 0 Å². The van der Waals surface area contributed by atoms with Gasteiger partial charge in [-0.3, -0.25) is 19.2 Å². The third-order valence-electron chi connectivity index (χ3n) is 9.56. The quantitative estimate of drug-likeness (QED) is 0.400. The third kappa shape index (κ3) is 3.98. The van der Waals surface area contributed by atoms with Crippen LogP contribution in [0.2, 0.25) is 0 Å². The van der Waals surface area contributed by atoms with E-state index in [0.717, 1.165) is 5.57 Å². The van der Waals surface area contributed by atoms with Gasteiger partial charge in [0.1, 0.15) is 0 Å². The summed E-state index contributed by atoms with van der Waals surface area (Å²) in [4.78, 5) is 68.6. The summed E-state index contributed by atoms with van der Waals surface area (Å²) in [6, 6.07) is 10.8. The molecule has 2 aromatic carbocycles. The van der Waals surface area contributed by atoms with Gasteiger partial charge in [-0.15, -0.1) is 0 Å². The Kier molecular flexibility index (Phi) is 6.63. The molecule has 2 heterocycles. The summed E-state index contributed by atoms with van der Waals surface area (Å²) in [5.41, 5.74) is 6.01. The second kappa shape index (κ2) is 10.1. The molecule has 4 aliphatic rings. The number of rotatable bonds is 5. The van der Waals surface area contributed by atoms with Crippen LogP contribution in [0.5, 0.6) is 17.2 Å². The summed E-state index contributed by atoms with van der Waals surface area (Å²) in [5, 5.41) is 10.4. The van der Waals surface area contributed by atoms with E-state index in [9.17, 15) is 29.1 Å². The van der Waals surface area contributed by atoms with Crippen molar-refractivity contribution in [2.75, 3.05) is 19.1 Å². The van der Waals surface area contributed by atoms with Crippen LogP contribution in [0.15, 0.2) is 60.2 Å². The summed E-state index contributed by atoms with van der Waals surface area (Å²) in [7, 11) is 2.83. The summed E-state index contributed by atoms with van der Waals surface area (Å²) >= 11 is 0. The van der Waals surface area contributed by atoms with Gasteiger partial charge in [0.15, 0.2) is 11.5 Å². The molecule has 6 rings (SSSR count). The molecule has 11 nitrogen and oxygen atoms in total. The minimum atomic E-state index is -1.21. The lowest BCUT2D eigenvalue weighted by molar-refractivity contribution is -0.136. The fraction of sp³-hybridized carbons (Fsp3) is 0.344. The van der Waals surface area contributed by atoms with Crippen LogP contribution >= 0.6 is 0 Å². The van der Waals surface area contributed by atoms with Crippen LogP contribution in [0, 0.1) is 35.0 Å². The van der Waals surface area contributed by atoms with E-state index in [2.05, 4.69) is 0 Å². The smallest absolute Gasteiger partial charge is 0.328 e. The number of allylic oxidation sites excluding steroid dienone is 3. The van der Waals surface area contributed by atoms with Crippen molar-refractivity contribution >= 4 is 41.4 Å². The number of methoxy groups -OCH3 is 2. The Bertz CT molecular complexity index is 1610. The molecule has 43 heavy (non-hydrogen) atoms. The van der Waals surface area contributed by atoms with Gasteiger partial charge in [-0.2, -0.15) is 4.90 Å². The first-order valence-electron chi connectivity index (χ1n) is 14.0. The number of primary amides is 1. The van der Waals surface area contributed by atoms with Crippen molar-refractivity contribution in [2.45, 2.75) is 19.8 Å². The van der Waals surface area contributed by atoms with Gasteiger partial charge in [0.25, 0.3) is 0 Å². The number of imide groups is 4. The Labute approximate surface area is 247 Å². The Morgan fingerprint density at radius 3 is 2.26 bits per heavy atom. The molecule has 0 aromatic heterocycles. The van der Waals surface area contributed by atoms with Crippen LogP contribution in [-0.2, 0) is 19.2 Å². The Hall–Kier alpha value is -4.93. The number of anilines is 1. The topological polar surface area (TPSA) is 157 Å². The van der Waals surface area contributed by atoms with E-state index in [1.165, 1.54) is 19.1 Å². The van der Waals surface area contributed by atoms with Crippen LogP contribution in [0.1, 0.15) is 25.3 Å². The zero-order chi connectivity index (χ0) is 30.8. The van der Waals surface area contributed by atoms with E-state index < -0.39 is 52.8 Å². The van der Waals surface area contributed by atoms with E-state index in [0.29, 0.717) is 16.2 Å². The van der Waals surface area contributed by atoms with Gasteiger partial charge in [0, 0.05) is 5.92 Å². The maximum absolute atomic E-state index is 14.3. The summed E-state index contributed by atoms with van der Waals surface area (Å²) in [5.74, 6) is -5.49. The first-order valence-corrected chi connectivity index (χ1v) is 14.0. The normalized spacial score (nSPS) is 29.8. The standard InChI is InChI=1S/C32H31N3O8/c1-32-21(12-9-16-13-23(42-2)26(36)24(14-16)43-3)18-10-11-19-25(29(39)35(27(19)37)31(33)41)20(18)15-22(32)28(38)34(30(32)40)17-7-5-4-6-8-17/h4-10,12-14,19-22,25,36H,11,15H2,1-3H3,(H2,33,41). The number of likely N-dealkylation sites (tertiary alicyclic amines) is 1. The molecule has 2 saturated heterocycles. The minimum Gasteiger partial charge on any atom is -0.502 e. The second-order valence-electron chi connectivity index (χ2n) is 11.5. The van der Waals surface area contributed by atoms with Crippen molar-refractivity contribution in [1.29, 1.82) is 0 Å². The fourth-order valence-electron chi connectivity index (χ4n) is 7.48. The number of amides is 6. The number of phenols is 1. The number of hydrogen-bond acceptors (Lipinski definition) is 8. The molecule has 2 aliphatic carbocycles. The zero-order valence-corrected chi connectivity index (χ0v) is 23.9. The number of carbonyl (C=O) groups is 5. The number of nitrogens with zero attached hydrogens (tertiary/aromatic N) is 2. The Morgan fingerprint density at radius 1 is 1.00 bits per heavy atom. The summed E-state index contributed by atoms with van der Waals surface area (Å²) in [6.45, 7) is 1.77. The van der Waals surface area contributed by atoms with E-state index >= 15 is 0 Å². The van der Waals surface area contributed by atoms with Crippen molar-refractivity contribution in [1.82, 2.24) is 4.90 Å². The molecule has 6 amide bonds. The summed E-state index contributed by atoms with van der Waals surface area (Å²) < 4.78 is 10.6. The molecule has 222 valence electrons. The number of aromatic hydroxyl groups is 1. The maximum atomic E-state index is 14.3. The first-order chi connectivity index (χ1) is 20.5. The average Bonchev–Trinajstić information content (AvgIpc) is 3.37. The third-order valence-corrected chi connectivity index (χ3v) is 9.56. The Balaban J connectivity index is 1.49. The number of hydrogen-bond donors (Lipinski definition) is 2. The minimum absolute atomic E-state index is 0.161. The van der Waals surface area contributed by atoms with Gasteiger partial charge in [0.2, 0.25) is 29.4 Å². The van der Waals surface area contributed by atoms with E-state index in [4.69, 9.17) is 15.2 Å². The van der Waals surface area contributed by atoms with Crippen molar-refractivity contribution in [3.8, 4) is 17.2 Å². The molecule has 6 unspecified atom stereocenters. The molecular weight excluding hydrogens is 554 g/mol. The van der Waals surface area contributed by atoms with Crippen molar-refractivity contribution in [3.05, 3.63) is 65.8 Å². The highest BCUT2D eigenvalue weighted by molar-refractivity contribution is 6.24. The molecule has 3 fully saturated rings. The van der Waals surface area contributed by atoms with E-state index in [1.54, 1.807) is 55.5 Å². The number of phenolic OH excluding ortho intramolecular Hbond substituents is 1. The van der Waals surface area contributed by atoms with Gasteiger partial charge in [-0.25, -0.2) is 9.69 Å². The van der Waals surface area contributed by atoms with Crippen molar-refractivity contribution in [2.24, 2.45) is 40.7 Å². The van der Waals surface area contributed by atoms with Crippen LogP contribution in [-0.4, -0.2) is 53.9 Å². The summed E-state index contributed by atoms with van der Waals surface area (Å²) in [6.07, 6.45) is 5.81. The predicted octanol–water partition coefficient (Wildman–Crippen LogP) is 3.26. The SMILES string of the molecule is COc1cc(C=CC2C3=CCC4C(=O)N(C(N)=O)C(=O)C4C3CC3C(=O)N(c4ccccc4)C(=O)C23C)cc(OC)c1O. The van der Waals surface area contributed by atoms with Gasteiger partial charge in [0.05, 0.1) is 43.1 Å². The molecule has 0 radical (unpaired) electrons. The largest absolute Gasteiger partial charge is 0.502 e. The van der Waals surface area contributed by atoms with Gasteiger partial charge < -0.3 is 20.3 Å².